The third kappa shape index (κ3) is 15.1. The van der Waals surface area contributed by atoms with Crippen LogP contribution < -0.4 is 22.8 Å². The number of nitrogens with zero attached hydrogens (tertiary/aromatic N) is 5. The molecule has 10 aromatic carbocycles. The van der Waals surface area contributed by atoms with Gasteiger partial charge < -0.3 is 22.1 Å². The molecule has 0 saturated heterocycles. The van der Waals surface area contributed by atoms with Gasteiger partial charge in [-0.2, -0.15) is 0 Å². The number of fused-ring (bicyclic) bond motifs is 15. The van der Waals surface area contributed by atoms with Gasteiger partial charge in [0.25, 0.3) is 0 Å². The molecular formula is C110H110N5O5+5. The van der Waals surface area contributed by atoms with Crippen LogP contribution in [0.15, 0.2) is 284 Å². The van der Waals surface area contributed by atoms with E-state index in [0.29, 0.717) is 33.5 Å². The van der Waals surface area contributed by atoms with E-state index in [-0.39, 0.29) is 11.1 Å². The number of rotatable bonds is 9. The number of hydrogen-bond donors (Lipinski definition) is 0. The van der Waals surface area contributed by atoms with Crippen LogP contribution in [-0.4, -0.2) is 0 Å². The average Bonchev–Trinajstić information content (AvgIpc) is 1.38. The van der Waals surface area contributed by atoms with E-state index in [9.17, 15) is 0 Å². The summed E-state index contributed by atoms with van der Waals surface area (Å²) < 4.78 is 214. The molecule has 0 amide bonds. The monoisotopic (exact) mass is 1600 g/mol. The van der Waals surface area contributed by atoms with Crippen LogP contribution in [0.2, 0.25) is 0 Å². The van der Waals surface area contributed by atoms with Crippen LogP contribution in [0.4, 0.5) is 0 Å². The quantitative estimate of drug-likeness (QED) is 0.134. The molecule has 0 fully saturated rings. The number of furan rings is 5. The van der Waals surface area contributed by atoms with Gasteiger partial charge in [0.2, 0.25) is 28.5 Å². The first kappa shape index (κ1) is 57.9. The second-order valence-corrected chi connectivity index (χ2v) is 31.4. The number of benzene rings is 10. The standard InChI is InChI=1S/2C23H24NO.2C22H22NO.C20H18NO/c1-14(2)19-12-20(24(5)13-16(19)4)22-15(3)10-11-18-17-8-6-7-9-21(17)25-23(18)22;1-14(2)19-13-24(5)20(12-16(19)4)22-15(3)10-11-18-17-8-6-7-9-21(17)25-23(18)22;1-14(2)16-10-12-19(23(4)13-16)21-15(3)9-11-18-17-7-5-6-8-20(17)24-22(18)21;1-14(2)16-11-12-23(4)19(13-16)21-15(3)9-10-18-17-7-5-6-8-20(17)24-22(18)21;1-13-8-11-17(21(3)12-13)19-14(2)9-10-16-15-6-4-5-7-18(15)22-20(16)19/h2*6-14H,1-5H3;2*5-14H,1-4H3;4-12H,1-3H3/q5*+1/i1D3,4D3,14D;3*1D3,14D;1D3. The van der Waals surface area contributed by atoms with Crippen LogP contribution >= 0.6 is 0 Å². The van der Waals surface area contributed by atoms with Crippen LogP contribution in [0.3, 0.4) is 0 Å². The topological polar surface area (TPSA) is 85.1 Å². The van der Waals surface area contributed by atoms with Crippen molar-refractivity contribution < 1.29 is 75.1 Å². The minimum absolute atomic E-state index is 0.0434. The fourth-order valence-corrected chi connectivity index (χ4v) is 16.6. The molecule has 20 aromatic rings. The lowest BCUT2D eigenvalue weighted by Crippen LogP contribution is -2.32. The maximum absolute atomic E-state index is 8.63. The zero-order chi connectivity index (χ0) is 103. The van der Waals surface area contributed by atoms with E-state index >= 15 is 0 Å². The first-order valence-corrected chi connectivity index (χ1v) is 40.0. The van der Waals surface area contributed by atoms with Crippen LogP contribution in [0.25, 0.3) is 166 Å². The van der Waals surface area contributed by atoms with E-state index in [0.717, 1.165) is 188 Å². The maximum atomic E-state index is 8.63. The molecule has 10 aromatic heterocycles. The molecule has 4 unspecified atom stereocenters. The summed E-state index contributed by atoms with van der Waals surface area (Å²) in [7, 11) is 9.25. The highest BCUT2D eigenvalue weighted by atomic mass is 16.3. The lowest BCUT2D eigenvalue weighted by Gasteiger charge is -2.12. The molecule has 0 aliphatic rings. The Labute approximate surface area is 735 Å². The predicted molar refractivity (Wildman–Crippen MR) is 496 cm³/mol. The van der Waals surface area contributed by atoms with E-state index in [4.69, 9.17) is 52.2 Å². The Bertz CT molecular complexity index is 8360. The van der Waals surface area contributed by atoms with Gasteiger partial charge in [0.15, 0.2) is 31.0 Å². The van der Waals surface area contributed by atoms with Crippen molar-refractivity contribution in [2.75, 3.05) is 0 Å². The van der Waals surface area contributed by atoms with Gasteiger partial charge in [-0.3, -0.25) is 0 Å². The first-order chi connectivity index (χ1) is 66.3. The van der Waals surface area contributed by atoms with Gasteiger partial charge in [-0.25, -0.2) is 22.8 Å². The molecule has 10 heterocycles. The Morgan fingerprint density at radius 1 is 0.258 bits per heavy atom. The van der Waals surface area contributed by atoms with Crippen molar-refractivity contribution in [3.8, 4) is 56.3 Å². The second-order valence-electron chi connectivity index (χ2n) is 31.4. The molecule has 0 saturated carbocycles. The summed E-state index contributed by atoms with van der Waals surface area (Å²) in [5.74, 6) is -7.18. The Balaban J connectivity index is 0.000000128. The van der Waals surface area contributed by atoms with Gasteiger partial charge >= 0.3 is 0 Å². The largest absolute Gasteiger partial charge is 0.455 e. The fraction of sp³-hybridized carbons (Fsp3) is 0.227. The summed E-state index contributed by atoms with van der Waals surface area (Å²) in [5.41, 5.74) is 24.2. The van der Waals surface area contributed by atoms with Gasteiger partial charge in [0.05, 0.1) is 27.8 Å². The Morgan fingerprint density at radius 3 is 0.967 bits per heavy atom. The van der Waals surface area contributed by atoms with Gasteiger partial charge in [0, 0.05) is 143 Å². The van der Waals surface area contributed by atoms with Crippen LogP contribution in [0, 0.1) is 55.2 Å². The summed E-state index contributed by atoms with van der Waals surface area (Å²) >= 11 is 0. The zero-order valence-corrected chi connectivity index (χ0v) is 70.1. The fourth-order valence-electron chi connectivity index (χ4n) is 16.6. The highest BCUT2D eigenvalue weighted by Gasteiger charge is 2.29. The Morgan fingerprint density at radius 2 is 0.592 bits per heavy atom. The molecule has 10 heteroatoms. The van der Waals surface area contributed by atoms with E-state index in [1.54, 1.807) is 54.5 Å². The molecule has 10 nitrogen and oxygen atoms in total. The summed E-state index contributed by atoms with van der Waals surface area (Å²) in [5, 5.41) is 10.3. The van der Waals surface area contributed by atoms with E-state index in [2.05, 4.69) is 60.7 Å². The molecule has 0 bridgehead atoms. The maximum Gasteiger partial charge on any atom is 0.216 e. The van der Waals surface area contributed by atoms with E-state index in [1.165, 1.54) is 40.0 Å². The number of hydrogen-bond acceptors (Lipinski definition) is 5. The smallest absolute Gasteiger partial charge is 0.216 e. The van der Waals surface area contributed by atoms with Gasteiger partial charge in [-0.05, 0) is 166 Å². The molecule has 0 N–H and O–H groups in total. The normalized spacial score (nSPS) is 17.0. The van der Waals surface area contributed by atoms with Gasteiger partial charge in [-0.1, -0.05) is 207 Å². The van der Waals surface area contributed by atoms with Crippen molar-refractivity contribution >= 4 is 110 Å². The molecule has 120 heavy (non-hydrogen) atoms. The second kappa shape index (κ2) is 33.0. The molecular weight excluding hydrogens is 1470 g/mol. The van der Waals surface area contributed by atoms with Crippen molar-refractivity contribution in [3.63, 3.8) is 0 Å². The lowest BCUT2D eigenvalue weighted by molar-refractivity contribution is -0.661. The van der Waals surface area contributed by atoms with Crippen molar-refractivity contribution in [3.05, 3.63) is 328 Å². The number of aromatic nitrogens is 5. The third-order valence-corrected chi connectivity index (χ3v) is 22.9. The van der Waals surface area contributed by atoms with Crippen molar-refractivity contribution in [1.29, 1.82) is 0 Å². The molecule has 0 radical (unpaired) electrons. The minimum atomic E-state index is -2.72. The zero-order valence-electron chi connectivity index (χ0n) is 92.1. The summed E-state index contributed by atoms with van der Waals surface area (Å²) in [6.45, 7) is 2.83. The molecule has 600 valence electrons. The van der Waals surface area contributed by atoms with Crippen LogP contribution in [0.5, 0.6) is 0 Å². The molecule has 0 spiro atoms. The highest BCUT2D eigenvalue weighted by Crippen LogP contribution is 2.44. The van der Waals surface area contributed by atoms with Crippen LogP contribution in [0.1, 0.15) is 176 Å². The highest BCUT2D eigenvalue weighted by molar-refractivity contribution is 6.14. The van der Waals surface area contributed by atoms with Crippen LogP contribution in [-0.2, 0) is 35.2 Å². The lowest BCUT2D eigenvalue weighted by atomic mass is 9.94. The van der Waals surface area contributed by atoms with E-state index in [1.807, 2.05) is 234 Å². The molecule has 0 aliphatic heterocycles. The predicted octanol–water partition coefficient (Wildman–Crippen LogP) is 27.3. The van der Waals surface area contributed by atoms with Gasteiger partial charge in [-0.15, -0.1) is 0 Å². The van der Waals surface area contributed by atoms with Crippen molar-refractivity contribution in [2.24, 2.45) is 35.2 Å². The average molecular weight is 1600 g/mol. The van der Waals surface area contributed by atoms with Crippen molar-refractivity contribution in [1.82, 2.24) is 0 Å². The molecule has 0 aliphatic carbocycles. The minimum Gasteiger partial charge on any atom is -0.455 e. The van der Waals surface area contributed by atoms with Gasteiger partial charge in [0.1, 0.15) is 91.1 Å². The third-order valence-electron chi connectivity index (χ3n) is 22.9. The molecule has 4 atom stereocenters. The first-order valence-electron chi connectivity index (χ1n) is 51.0. The summed E-state index contributed by atoms with van der Waals surface area (Å²) in [6.07, 6.45) is 8.39. The SMILES string of the molecule is [2H]C([2H])([2H])C([2H])(C)c1c[n+](C)c(-c2c(C)ccc3c2oc2ccccc23)cc1C.[2H]C([2H])([2H])C([2H])(C)c1cc[n+](C)c(-c2c(C)ccc3c2oc2ccccc23)c1.[2H]C([2H])([2H])C([2H])(C)c1ccc(-c2c(C)ccc3c2oc2ccccc23)[n+](C)c1.[2H]C([2H])([2H])c1c[n+](C)c(-c2c(C)ccc3c2oc2ccccc23)cc1C([2H])(C)C([2H])([2H])[2H].[2H]C([2H])([2H])c1ccc(-c2c(C)ccc3c2oc2ccccc23)[n+](C)c1. The molecule has 20 rings (SSSR count). The van der Waals surface area contributed by atoms with Crippen molar-refractivity contribution in [2.45, 2.75) is 134 Å². The van der Waals surface area contributed by atoms with E-state index < -0.39 is 64.7 Å². The number of para-hydroxylation sites is 5. The number of pyridine rings is 5. The summed E-state index contributed by atoms with van der Waals surface area (Å²) in [6, 6.07) is 74.1. The Kier molecular flexibility index (Phi) is 15.9. The number of aryl methyl sites for hydroxylation is 13. The summed E-state index contributed by atoms with van der Waals surface area (Å²) in [4.78, 5) is 0. The Hall–Kier alpha value is -13.1.